The van der Waals surface area contributed by atoms with Crippen molar-refractivity contribution < 1.29 is 4.57 Å². The van der Waals surface area contributed by atoms with Gasteiger partial charge in [-0.25, -0.2) is 4.57 Å². The fraction of sp³-hybridized carbons (Fsp3) is 0.0227. The zero-order valence-electron chi connectivity index (χ0n) is 25.6. The van der Waals surface area contributed by atoms with Gasteiger partial charge in [0.1, 0.15) is 5.69 Å². The number of benzene rings is 8. The third-order valence-corrected chi connectivity index (χ3v) is 9.43. The second-order valence-corrected chi connectivity index (χ2v) is 12.0. The summed E-state index contributed by atoms with van der Waals surface area (Å²) in [5, 5.41) is 7.58. The molecule has 0 atom stereocenters. The molecule has 2 nitrogen and oxygen atoms in total. The summed E-state index contributed by atoms with van der Waals surface area (Å²) in [5.41, 5.74) is 9.73. The van der Waals surface area contributed by atoms with E-state index in [0.29, 0.717) is 0 Å². The molecule has 0 amide bonds. The van der Waals surface area contributed by atoms with Crippen LogP contribution in [0.4, 0.5) is 0 Å². The standard InChI is InChI=1S/C44H31N2/c1-45-40-21-11-12-22-41(40)46(44(45)32-14-3-2-4-15-32)35-27-25-31(26-28-35)42-36-17-7-9-19-38(36)43(39-20-10-8-18-37(39)42)34-24-23-30-13-5-6-16-33(30)29-34/h2-29H,1H3/q+1. The molecule has 0 saturated heterocycles. The molecule has 0 aliphatic rings. The predicted octanol–water partition coefficient (Wildman–Crippen LogP) is 10.9. The first-order valence-corrected chi connectivity index (χ1v) is 15.8. The van der Waals surface area contributed by atoms with Gasteiger partial charge in [0.2, 0.25) is 0 Å². The zero-order valence-corrected chi connectivity index (χ0v) is 25.6. The minimum absolute atomic E-state index is 1.14. The normalized spacial score (nSPS) is 11.6. The van der Waals surface area contributed by atoms with Crippen LogP contribution in [0.2, 0.25) is 0 Å². The highest BCUT2D eigenvalue weighted by Gasteiger charge is 2.26. The van der Waals surface area contributed by atoms with E-state index in [2.05, 4.69) is 186 Å². The van der Waals surface area contributed by atoms with E-state index in [1.165, 1.54) is 71.2 Å². The van der Waals surface area contributed by atoms with Crippen LogP contribution in [0.3, 0.4) is 0 Å². The van der Waals surface area contributed by atoms with Crippen LogP contribution in [0.1, 0.15) is 0 Å². The predicted molar refractivity (Wildman–Crippen MR) is 193 cm³/mol. The van der Waals surface area contributed by atoms with Crippen LogP contribution in [0.15, 0.2) is 170 Å². The van der Waals surface area contributed by atoms with E-state index in [1.54, 1.807) is 0 Å². The summed E-state index contributed by atoms with van der Waals surface area (Å²) in [6, 6.07) is 61.7. The molecule has 0 aliphatic heterocycles. The first-order chi connectivity index (χ1) is 22.8. The summed E-state index contributed by atoms with van der Waals surface area (Å²) < 4.78 is 4.68. The number of aromatic nitrogens is 2. The van der Waals surface area contributed by atoms with Gasteiger partial charge >= 0.3 is 0 Å². The lowest BCUT2D eigenvalue weighted by molar-refractivity contribution is -0.633. The van der Waals surface area contributed by atoms with Gasteiger partial charge in [-0.05, 0) is 97.0 Å². The summed E-state index contributed by atoms with van der Waals surface area (Å²) in [6.07, 6.45) is 0. The monoisotopic (exact) mass is 587 g/mol. The number of rotatable bonds is 4. The summed E-state index contributed by atoms with van der Waals surface area (Å²) >= 11 is 0. The number of imidazole rings is 1. The van der Waals surface area contributed by atoms with E-state index in [0.717, 1.165) is 11.5 Å². The van der Waals surface area contributed by atoms with Crippen molar-refractivity contribution in [1.82, 2.24) is 4.57 Å². The molecular formula is C44H31N2+. The van der Waals surface area contributed by atoms with Crippen molar-refractivity contribution in [2.45, 2.75) is 0 Å². The van der Waals surface area contributed by atoms with Gasteiger partial charge in [0.05, 0.1) is 12.6 Å². The average molecular weight is 588 g/mol. The topological polar surface area (TPSA) is 8.81 Å². The van der Waals surface area contributed by atoms with E-state index in [9.17, 15) is 0 Å². The molecule has 9 aromatic rings. The van der Waals surface area contributed by atoms with Crippen LogP contribution in [0.5, 0.6) is 0 Å². The molecule has 9 rings (SSSR count). The number of hydrogen-bond donors (Lipinski definition) is 0. The first-order valence-electron chi connectivity index (χ1n) is 15.8. The minimum atomic E-state index is 1.14. The Balaban J connectivity index is 1.26. The van der Waals surface area contributed by atoms with Crippen molar-refractivity contribution in [3.8, 4) is 39.3 Å². The van der Waals surface area contributed by atoms with Crippen molar-refractivity contribution in [3.63, 3.8) is 0 Å². The lowest BCUT2D eigenvalue weighted by Crippen LogP contribution is -2.30. The van der Waals surface area contributed by atoms with Crippen LogP contribution in [-0.4, -0.2) is 4.57 Å². The minimum Gasteiger partial charge on any atom is -0.225 e. The molecule has 1 heterocycles. The lowest BCUT2D eigenvalue weighted by atomic mass is 9.85. The summed E-state index contributed by atoms with van der Waals surface area (Å²) in [5.74, 6) is 1.16. The van der Waals surface area contributed by atoms with Gasteiger partial charge in [-0.2, -0.15) is 4.57 Å². The fourth-order valence-electron chi connectivity index (χ4n) is 7.36. The number of aryl methyl sites for hydroxylation is 1. The molecular weight excluding hydrogens is 556 g/mol. The largest absolute Gasteiger partial charge is 0.294 e. The molecule has 0 unspecified atom stereocenters. The SMILES string of the molecule is C[n+]1c(-c2ccccc2)n(-c2ccc(-c3c4ccccc4c(-c4ccc5ccccc5c4)c4ccccc34)cc2)c2ccccc21. The van der Waals surface area contributed by atoms with Crippen molar-refractivity contribution in [3.05, 3.63) is 170 Å². The van der Waals surface area contributed by atoms with E-state index in [1.807, 2.05) is 0 Å². The van der Waals surface area contributed by atoms with E-state index in [-0.39, 0.29) is 0 Å². The Kier molecular flexibility index (Phi) is 6.07. The Morgan fingerprint density at radius 3 is 1.61 bits per heavy atom. The third kappa shape index (κ3) is 4.08. The average Bonchev–Trinajstić information content (AvgIpc) is 3.42. The second kappa shape index (κ2) is 10.6. The maximum atomic E-state index is 2.38. The molecule has 2 heteroatoms. The Labute approximate surface area is 268 Å². The summed E-state index contributed by atoms with van der Waals surface area (Å²) in [6.45, 7) is 0. The molecule has 0 spiro atoms. The molecule has 8 aromatic carbocycles. The highest BCUT2D eigenvalue weighted by molar-refractivity contribution is 6.21. The molecule has 46 heavy (non-hydrogen) atoms. The Hall–Kier alpha value is -5.99. The molecule has 0 bridgehead atoms. The maximum absolute atomic E-state index is 2.38. The first kappa shape index (κ1) is 26.4. The summed E-state index contributed by atoms with van der Waals surface area (Å²) in [7, 11) is 2.16. The highest BCUT2D eigenvalue weighted by atomic mass is 15.2. The fourth-order valence-corrected chi connectivity index (χ4v) is 7.36. The zero-order chi connectivity index (χ0) is 30.6. The molecule has 0 saturated carbocycles. The number of fused-ring (bicyclic) bond motifs is 4. The molecule has 1 aromatic heterocycles. The molecule has 216 valence electrons. The lowest BCUT2D eigenvalue weighted by Gasteiger charge is -2.18. The van der Waals surface area contributed by atoms with Gasteiger partial charge in [0, 0.05) is 0 Å². The smallest absolute Gasteiger partial charge is 0.225 e. The number of para-hydroxylation sites is 2. The van der Waals surface area contributed by atoms with Gasteiger partial charge in [-0.1, -0.05) is 127 Å². The molecule has 0 fully saturated rings. The number of nitrogens with zero attached hydrogens (tertiary/aromatic N) is 2. The third-order valence-electron chi connectivity index (χ3n) is 9.43. The quantitative estimate of drug-likeness (QED) is 0.143. The van der Waals surface area contributed by atoms with Crippen molar-refractivity contribution in [2.75, 3.05) is 0 Å². The van der Waals surface area contributed by atoms with Gasteiger partial charge < -0.3 is 0 Å². The molecule has 0 N–H and O–H groups in total. The van der Waals surface area contributed by atoms with Gasteiger partial charge in [0.25, 0.3) is 5.82 Å². The Morgan fingerprint density at radius 2 is 0.935 bits per heavy atom. The Morgan fingerprint density at radius 1 is 0.413 bits per heavy atom. The van der Waals surface area contributed by atoms with E-state index in [4.69, 9.17) is 0 Å². The van der Waals surface area contributed by atoms with Crippen molar-refractivity contribution in [1.29, 1.82) is 0 Å². The molecule has 0 aliphatic carbocycles. The van der Waals surface area contributed by atoms with Crippen LogP contribution in [0.25, 0.3) is 82.7 Å². The van der Waals surface area contributed by atoms with Crippen LogP contribution >= 0.6 is 0 Å². The van der Waals surface area contributed by atoms with Crippen LogP contribution in [-0.2, 0) is 7.05 Å². The van der Waals surface area contributed by atoms with Gasteiger partial charge in [-0.15, -0.1) is 0 Å². The Bertz CT molecular complexity index is 2520. The van der Waals surface area contributed by atoms with E-state index >= 15 is 0 Å². The molecule has 0 radical (unpaired) electrons. The highest BCUT2D eigenvalue weighted by Crippen LogP contribution is 2.44. The van der Waals surface area contributed by atoms with Crippen molar-refractivity contribution >= 4 is 43.4 Å². The van der Waals surface area contributed by atoms with E-state index < -0.39 is 0 Å². The second-order valence-electron chi connectivity index (χ2n) is 12.0. The maximum Gasteiger partial charge on any atom is 0.294 e. The van der Waals surface area contributed by atoms with Crippen molar-refractivity contribution in [2.24, 2.45) is 7.05 Å². The van der Waals surface area contributed by atoms with Crippen LogP contribution in [0, 0.1) is 0 Å². The van der Waals surface area contributed by atoms with Gasteiger partial charge in [0.15, 0.2) is 11.0 Å². The van der Waals surface area contributed by atoms with Crippen LogP contribution < -0.4 is 4.57 Å². The summed E-state index contributed by atoms with van der Waals surface area (Å²) in [4.78, 5) is 0. The number of hydrogen-bond acceptors (Lipinski definition) is 0. The van der Waals surface area contributed by atoms with Gasteiger partial charge in [-0.3, -0.25) is 0 Å².